The summed E-state index contributed by atoms with van der Waals surface area (Å²) in [6.45, 7) is 0.143. The Bertz CT molecular complexity index is 792. The van der Waals surface area contributed by atoms with Crippen molar-refractivity contribution in [2.45, 2.75) is 0 Å². The minimum Gasteiger partial charge on any atom is -0.508 e. The number of phenols is 1. The molecule has 2 aromatic carbocycles. The van der Waals surface area contributed by atoms with Crippen molar-refractivity contribution in [1.82, 2.24) is 0 Å². The van der Waals surface area contributed by atoms with Crippen molar-refractivity contribution in [1.29, 1.82) is 0 Å². The van der Waals surface area contributed by atoms with E-state index < -0.39 is 0 Å². The van der Waals surface area contributed by atoms with Crippen LogP contribution in [0.3, 0.4) is 0 Å². The molecule has 0 aromatic heterocycles. The Kier molecular flexibility index (Phi) is 3.93. The number of methoxy groups -OCH3 is 2. The molecule has 1 aliphatic rings. The van der Waals surface area contributed by atoms with Gasteiger partial charge in [-0.3, -0.25) is 4.79 Å². The van der Waals surface area contributed by atoms with Gasteiger partial charge in [-0.25, -0.2) is 0 Å². The second-order valence-corrected chi connectivity index (χ2v) is 5.08. The Morgan fingerprint density at radius 2 is 1.96 bits per heavy atom. The molecule has 1 aliphatic heterocycles. The average Bonchev–Trinajstić information content (AvgIpc) is 2.57. The highest BCUT2D eigenvalue weighted by Gasteiger charge is 2.24. The normalized spacial score (nSPS) is 15.0. The molecule has 0 fully saturated rings. The quantitative estimate of drug-likeness (QED) is 0.882. The lowest BCUT2D eigenvalue weighted by molar-refractivity contribution is 0.100. The summed E-state index contributed by atoms with van der Waals surface area (Å²) in [5.41, 5.74) is 1.72. The van der Waals surface area contributed by atoms with Crippen LogP contribution < -0.4 is 14.2 Å². The van der Waals surface area contributed by atoms with Crippen LogP contribution >= 0.6 is 0 Å². The van der Waals surface area contributed by atoms with Crippen molar-refractivity contribution in [2.75, 3.05) is 20.8 Å². The SMILES string of the molecule is COc1ccc(/C=C2\COc3cc(O)ccc3C2=O)c(OC)c1. The molecule has 0 unspecified atom stereocenters. The number of rotatable bonds is 3. The second-order valence-electron chi connectivity index (χ2n) is 5.08. The van der Waals surface area contributed by atoms with E-state index in [1.807, 2.05) is 6.07 Å². The number of carbonyl (C=O) groups is 1. The van der Waals surface area contributed by atoms with E-state index in [1.165, 1.54) is 12.1 Å². The summed E-state index contributed by atoms with van der Waals surface area (Å²) in [7, 11) is 3.14. The molecule has 1 heterocycles. The Hall–Kier alpha value is -2.95. The molecule has 0 saturated carbocycles. The maximum Gasteiger partial charge on any atom is 0.196 e. The Morgan fingerprint density at radius 1 is 1.13 bits per heavy atom. The fraction of sp³-hybridized carbons (Fsp3) is 0.167. The highest BCUT2D eigenvalue weighted by Crippen LogP contribution is 2.32. The number of hydrogen-bond acceptors (Lipinski definition) is 5. The number of ketones is 1. The van der Waals surface area contributed by atoms with Crippen LogP contribution in [0.1, 0.15) is 15.9 Å². The summed E-state index contributed by atoms with van der Waals surface area (Å²) < 4.78 is 16.1. The molecule has 0 spiro atoms. The molecule has 118 valence electrons. The minimum absolute atomic E-state index is 0.0702. The molecule has 1 N–H and O–H groups in total. The van der Waals surface area contributed by atoms with Crippen molar-refractivity contribution in [3.05, 3.63) is 53.1 Å². The fourth-order valence-corrected chi connectivity index (χ4v) is 2.44. The smallest absolute Gasteiger partial charge is 0.196 e. The van der Waals surface area contributed by atoms with E-state index in [2.05, 4.69) is 0 Å². The third-order valence-corrected chi connectivity index (χ3v) is 3.66. The summed E-state index contributed by atoms with van der Waals surface area (Å²) in [6, 6.07) is 9.85. The molecule has 5 nitrogen and oxygen atoms in total. The highest BCUT2D eigenvalue weighted by molar-refractivity contribution is 6.14. The van der Waals surface area contributed by atoms with Crippen LogP contribution in [0.2, 0.25) is 0 Å². The zero-order valence-electron chi connectivity index (χ0n) is 12.8. The van der Waals surface area contributed by atoms with Gasteiger partial charge in [0.25, 0.3) is 0 Å². The topological polar surface area (TPSA) is 65.0 Å². The van der Waals surface area contributed by atoms with E-state index >= 15 is 0 Å². The number of benzene rings is 2. The molecule has 0 aliphatic carbocycles. The van der Waals surface area contributed by atoms with Gasteiger partial charge in [-0.2, -0.15) is 0 Å². The number of ether oxygens (including phenoxy) is 3. The lowest BCUT2D eigenvalue weighted by Crippen LogP contribution is -2.18. The lowest BCUT2D eigenvalue weighted by atomic mass is 9.98. The van der Waals surface area contributed by atoms with Crippen LogP contribution in [0.15, 0.2) is 42.0 Å². The van der Waals surface area contributed by atoms with E-state index in [9.17, 15) is 9.90 Å². The molecule has 23 heavy (non-hydrogen) atoms. The molecule has 0 bridgehead atoms. The van der Waals surface area contributed by atoms with Crippen molar-refractivity contribution < 1.29 is 24.1 Å². The largest absolute Gasteiger partial charge is 0.508 e. The number of phenolic OH excluding ortho intramolecular Hbond substituents is 1. The summed E-state index contributed by atoms with van der Waals surface area (Å²) >= 11 is 0. The number of aromatic hydroxyl groups is 1. The average molecular weight is 312 g/mol. The van der Waals surface area contributed by atoms with Crippen molar-refractivity contribution in [3.63, 3.8) is 0 Å². The third-order valence-electron chi connectivity index (χ3n) is 3.66. The van der Waals surface area contributed by atoms with Gasteiger partial charge >= 0.3 is 0 Å². The van der Waals surface area contributed by atoms with Gasteiger partial charge in [0.2, 0.25) is 0 Å². The van der Waals surface area contributed by atoms with Crippen LogP contribution in [-0.2, 0) is 0 Å². The van der Waals surface area contributed by atoms with E-state index in [0.717, 1.165) is 5.56 Å². The standard InChI is InChI=1S/C18H16O5/c1-21-14-5-3-11(16(9-14)22-2)7-12-10-23-17-8-13(19)4-6-15(17)18(12)20/h3-9,19H,10H2,1-2H3/b12-7+. The molecule has 0 atom stereocenters. The first-order chi connectivity index (χ1) is 11.1. The van der Waals surface area contributed by atoms with Gasteiger partial charge in [0.05, 0.1) is 19.8 Å². The first-order valence-corrected chi connectivity index (χ1v) is 7.05. The maximum absolute atomic E-state index is 12.6. The van der Waals surface area contributed by atoms with Crippen LogP contribution in [0, 0.1) is 0 Å². The van der Waals surface area contributed by atoms with Crippen molar-refractivity contribution in [3.8, 4) is 23.0 Å². The molecular formula is C18H16O5. The zero-order chi connectivity index (χ0) is 16.4. The predicted octanol–water partition coefficient (Wildman–Crippen LogP) is 3.07. The van der Waals surface area contributed by atoms with Crippen LogP contribution in [0.25, 0.3) is 6.08 Å². The Morgan fingerprint density at radius 3 is 2.70 bits per heavy atom. The number of fused-ring (bicyclic) bond motifs is 1. The van der Waals surface area contributed by atoms with Crippen LogP contribution in [0.5, 0.6) is 23.0 Å². The fourth-order valence-electron chi connectivity index (χ4n) is 2.44. The molecule has 2 aromatic rings. The van der Waals surface area contributed by atoms with Crippen molar-refractivity contribution in [2.24, 2.45) is 0 Å². The van der Waals surface area contributed by atoms with Gasteiger partial charge < -0.3 is 19.3 Å². The third kappa shape index (κ3) is 2.85. The molecule has 0 amide bonds. The van der Waals surface area contributed by atoms with Crippen molar-refractivity contribution >= 4 is 11.9 Å². The number of Topliss-reactive ketones (excluding diaryl/α,β-unsaturated/α-hetero) is 1. The first kappa shape index (κ1) is 15.0. The van der Waals surface area contributed by atoms with Gasteiger partial charge in [0.15, 0.2) is 5.78 Å². The Labute approximate surface area is 133 Å². The number of hydrogen-bond donors (Lipinski definition) is 1. The van der Waals surface area contributed by atoms with Gasteiger partial charge in [0.1, 0.15) is 29.6 Å². The molecule has 3 rings (SSSR count). The first-order valence-electron chi connectivity index (χ1n) is 7.05. The molecule has 0 radical (unpaired) electrons. The highest BCUT2D eigenvalue weighted by atomic mass is 16.5. The van der Waals surface area contributed by atoms with Gasteiger partial charge in [-0.15, -0.1) is 0 Å². The number of carbonyl (C=O) groups excluding carboxylic acids is 1. The summed E-state index contributed by atoms with van der Waals surface area (Å²) in [6.07, 6.45) is 1.75. The van der Waals surface area contributed by atoms with E-state index in [4.69, 9.17) is 14.2 Å². The Balaban J connectivity index is 1.98. The van der Waals surface area contributed by atoms with Crippen LogP contribution in [0.4, 0.5) is 0 Å². The molecule has 5 heteroatoms. The predicted molar refractivity (Wildman–Crippen MR) is 85.5 cm³/mol. The second kappa shape index (κ2) is 6.04. The van der Waals surface area contributed by atoms with Crippen LogP contribution in [-0.4, -0.2) is 31.7 Å². The lowest BCUT2D eigenvalue weighted by Gasteiger charge is -2.19. The maximum atomic E-state index is 12.6. The van der Waals surface area contributed by atoms with Gasteiger partial charge in [0, 0.05) is 23.3 Å². The van der Waals surface area contributed by atoms with E-state index in [0.29, 0.717) is 28.4 Å². The van der Waals surface area contributed by atoms with E-state index in [-0.39, 0.29) is 18.1 Å². The summed E-state index contributed by atoms with van der Waals surface area (Å²) in [4.78, 5) is 12.6. The summed E-state index contributed by atoms with van der Waals surface area (Å²) in [5, 5.41) is 9.46. The molecule has 0 saturated heterocycles. The monoisotopic (exact) mass is 312 g/mol. The molecular weight excluding hydrogens is 296 g/mol. The van der Waals surface area contributed by atoms with Gasteiger partial charge in [-0.05, 0) is 30.3 Å². The summed E-state index contributed by atoms with van der Waals surface area (Å²) in [5.74, 6) is 1.64. The van der Waals surface area contributed by atoms with Gasteiger partial charge in [-0.1, -0.05) is 0 Å². The minimum atomic E-state index is -0.121. The van der Waals surface area contributed by atoms with E-state index in [1.54, 1.807) is 38.5 Å². The zero-order valence-corrected chi connectivity index (χ0v) is 12.8.